The van der Waals surface area contributed by atoms with Crippen LogP contribution in [0.25, 0.3) is 11.4 Å². The van der Waals surface area contributed by atoms with E-state index in [2.05, 4.69) is 17.1 Å². The van der Waals surface area contributed by atoms with Crippen molar-refractivity contribution in [2.75, 3.05) is 20.2 Å². The number of likely N-dealkylation sites (tertiary alicyclic amines) is 1. The molecule has 1 amide bonds. The van der Waals surface area contributed by atoms with E-state index in [1.165, 1.54) is 11.8 Å². The Bertz CT molecular complexity index is 993. The Morgan fingerprint density at radius 3 is 2.61 bits per heavy atom. The summed E-state index contributed by atoms with van der Waals surface area (Å²) in [5.41, 5.74) is 0.927. The Labute approximate surface area is 186 Å². The molecular weight excluding hydrogens is 412 g/mol. The van der Waals surface area contributed by atoms with Crippen LogP contribution >= 0.6 is 11.8 Å². The van der Waals surface area contributed by atoms with Gasteiger partial charge in [-0.25, -0.2) is 0 Å². The Morgan fingerprint density at radius 1 is 1.23 bits per heavy atom. The number of carbonyl (C=O) groups is 1. The predicted molar refractivity (Wildman–Crippen MR) is 120 cm³/mol. The molecule has 0 spiro atoms. The maximum atomic E-state index is 13.0. The van der Waals surface area contributed by atoms with Gasteiger partial charge in [0.1, 0.15) is 11.5 Å². The molecule has 1 aliphatic rings. The summed E-state index contributed by atoms with van der Waals surface area (Å²) in [4.78, 5) is 15.0. The zero-order valence-electron chi connectivity index (χ0n) is 18.2. The van der Waals surface area contributed by atoms with Crippen LogP contribution in [0.1, 0.15) is 32.4 Å². The highest BCUT2D eigenvalue weighted by Gasteiger charge is 2.27. The molecule has 4 rings (SSSR count). The molecule has 0 N–H and O–H groups in total. The summed E-state index contributed by atoms with van der Waals surface area (Å²) in [7, 11) is 1.64. The summed E-state index contributed by atoms with van der Waals surface area (Å²) in [6, 6.07) is 11.5. The van der Waals surface area contributed by atoms with Crippen molar-refractivity contribution >= 4 is 17.7 Å². The third-order valence-electron chi connectivity index (χ3n) is 5.68. The number of piperidine rings is 1. The number of hydrogen-bond acceptors (Lipinski definition) is 6. The van der Waals surface area contributed by atoms with Gasteiger partial charge >= 0.3 is 0 Å². The average Bonchev–Trinajstić information content (AvgIpc) is 3.45. The number of hydrogen-bond donors (Lipinski definition) is 0. The second-order valence-corrected chi connectivity index (χ2v) is 9.28. The van der Waals surface area contributed by atoms with E-state index >= 15 is 0 Å². The number of ether oxygens (including phenoxy) is 1. The smallest absolute Gasteiger partial charge is 0.235 e. The van der Waals surface area contributed by atoms with E-state index in [-0.39, 0.29) is 11.2 Å². The van der Waals surface area contributed by atoms with Crippen LogP contribution in [0.3, 0.4) is 0 Å². The standard InChI is InChI=1S/C23H28N4O3S/c1-16-10-12-26(13-11-16)22(28)17(2)31-23-25-24-21(18-6-8-19(29-3)9-7-18)27(23)15-20-5-4-14-30-20/h4-9,14,16-17H,10-13,15H2,1-3H3. The first kappa shape index (κ1) is 21.5. The molecule has 1 fully saturated rings. The van der Waals surface area contributed by atoms with Crippen LogP contribution in [0.5, 0.6) is 5.75 Å². The highest BCUT2D eigenvalue weighted by molar-refractivity contribution is 8.00. The predicted octanol–water partition coefficient (Wildman–Crippen LogP) is 4.33. The van der Waals surface area contributed by atoms with Crippen LogP contribution in [0.4, 0.5) is 0 Å². The van der Waals surface area contributed by atoms with Crippen molar-refractivity contribution in [3.63, 3.8) is 0 Å². The zero-order chi connectivity index (χ0) is 21.8. The number of amides is 1. The van der Waals surface area contributed by atoms with Crippen LogP contribution < -0.4 is 4.74 Å². The molecule has 1 saturated heterocycles. The Morgan fingerprint density at radius 2 is 1.97 bits per heavy atom. The van der Waals surface area contributed by atoms with Crippen molar-refractivity contribution in [3.8, 4) is 17.1 Å². The van der Waals surface area contributed by atoms with Gasteiger partial charge in [-0.15, -0.1) is 10.2 Å². The maximum Gasteiger partial charge on any atom is 0.235 e. The lowest BCUT2D eigenvalue weighted by atomic mass is 9.99. The van der Waals surface area contributed by atoms with E-state index in [0.717, 1.165) is 48.8 Å². The number of benzene rings is 1. The summed E-state index contributed by atoms with van der Waals surface area (Å²) in [6.07, 6.45) is 3.79. The number of methoxy groups -OCH3 is 1. The SMILES string of the molecule is COc1ccc(-c2nnc(SC(C)C(=O)N3CCC(C)CC3)n2Cc2ccco2)cc1. The molecule has 164 valence electrons. The molecular formula is C23H28N4O3S. The fraction of sp³-hybridized carbons (Fsp3) is 0.435. The fourth-order valence-corrected chi connectivity index (χ4v) is 4.66. The quantitative estimate of drug-likeness (QED) is 0.509. The van der Waals surface area contributed by atoms with Crippen LogP contribution in [-0.4, -0.2) is 51.0 Å². The summed E-state index contributed by atoms with van der Waals surface area (Å²) in [6.45, 7) is 6.36. The highest BCUT2D eigenvalue weighted by Crippen LogP contribution is 2.30. The molecule has 0 radical (unpaired) electrons. The molecule has 31 heavy (non-hydrogen) atoms. The zero-order valence-corrected chi connectivity index (χ0v) is 19.0. The van der Waals surface area contributed by atoms with Crippen LogP contribution in [0, 0.1) is 5.92 Å². The van der Waals surface area contributed by atoms with Gasteiger partial charge < -0.3 is 14.1 Å². The molecule has 1 aliphatic heterocycles. The first-order valence-electron chi connectivity index (χ1n) is 10.6. The van der Waals surface area contributed by atoms with Gasteiger partial charge in [0.25, 0.3) is 0 Å². The number of furan rings is 1. The minimum atomic E-state index is -0.239. The van der Waals surface area contributed by atoms with E-state index in [0.29, 0.717) is 17.6 Å². The molecule has 3 aromatic rings. The molecule has 3 heterocycles. The number of thioether (sulfide) groups is 1. The van der Waals surface area contributed by atoms with Gasteiger partial charge in [0, 0.05) is 18.7 Å². The van der Waals surface area contributed by atoms with Crippen molar-refractivity contribution in [2.45, 2.75) is 43.6 Å². The third kappa shape index (κ3) is 4.95. The lowest BCUT2D eigenvalue weighted by Gasteiger charge is -2.31. The molecule has 7 nitrogen and oxygen atoms in total. The minimum Gasteiger partial charge on any atom is -0.497 e. The summed E-state index contributed by atoms with van der Waals surface area (Å²) in [5, 5.41) is 9.33. The molecule has 0 saturated carbocycles. The van der Waals surface area contributed by atoms with Crippen molar-refractivity contribution in [1.82, 2.24) is 19.7 Å². The third-order valence-corrected chi connectivity index (χ3v) is 6.75. The number of nitrogens with zero attached hydrogens (tertiary/aromatic N) is 4. The average molecular weight is 441 g/mol. The first-order chi connectivity index (χ1) is 15.0. The van der Waals surface area contributed by atoms with Crippen molar-refractivity contribution in [3.05, 3.63) is 48.4 Å². The van der Waals surface area contributed by atoms with Gasteiger partial charge in [0.2, 0.25) is 5.91 Å². The maximum absolute atomic E-state index is 13.0. The summed E-state index contributed by atoms with van der Waals surface area (Å²) >= 11 is 1.45. The largest absolute Gasteiger partial charge is 0.497 e. The molecule has 0 bridgehead atoms. The lowest BCUT2D eigenvalue weighted by Crippen LogP contribution is -2.41. The Hall–Kier alpha value is -2.74. The lowest BCUT2D eigenvalue weighted by molar-refractivity contribution is -0.131. The molecule has 2 aromatic heterocycles. The van der Waals surface area contributed by atoms with E-state index < -0.39 is 0 Å². The Kier molecular flexibility index (Phi) is 6.65. The van der Waals surface area contributed by atoms with Gasteiger partial charge in [-0.05, 0) is 62.1 Å². The summed E-state index contributed by atoms with van der Waals surface area (Å²) in [5.74, 6) is 3.17. The molecule has 1 unspecified atom stereocenters. The number of aromatic nitrogens is 3. The van der Waals surface area contributed by atoms with Crippen LogP contribution in [0.2, 0.25) is 0 Å². The van der Waals surface area contributed by atoms with Crippen LogP contribution in [-0.2, 0) is 11.3 Å². The van der Waals surface area contributed by atoms with Gasteiger partial charge in [0.05, 0.1) is 25.2 Å². The van der Waals surface area contributed by atoms with Crippen molar-refractivity contribution in [1.29, 1.82) is 0 Å². The van der Waals surface area contributed by atoms with Gasteiger partial charge in [-0.2, -0.15) is 0 Å². The van der Waals surface area contributed by atoms with E-state index in [1.807, 2.05) is 52.8 Å². The second kappa shape index (κ2) is 9.60. The van der Waals surface area contributed by atoms with Gasteiger partial charge in [0.15, 0.2) is 11.0 Å². The minimum absolute atomic E-state index is 0.162. The molecule has 8 heteroatoms. The summed E-state index contributed by atoms with van der Waals surface area (Å²) < 4.78 is 12.8. The number of rotatable bonds is 7. The molecule has 0 aliphatic carbocycles. The molecule has 1 atom stereocenters. The Balaban J connectivity index is 1.57. The number of carbonyl (C=O) groups excluding carboxylic acids is 1. The van der Waals surface area contributed by atoms with Gasteiger partial charge in [-0.1, -0.05) is 18.7 Å². The highest BCUT2D eigenvalue weighted by atomic mass is 32.2. The topological polar surface area (TPSA) is 73.4 Å². The van der Waals surface area contributed by atoms with Gasteiger partial charge in [-0.3, -0.25) is 9.36 Å². The first-order valence-corrected chi connectivity index (χ1v) is 11.5. The van der Waals surface area contributed by atoms with Crippen molar-refractivity contribution in [2.24, 2.45) is 5.92 Å². The van der Waals surface area contributed by atoms with E-state index in [9.17, 15) is 4.79 Å². The normalized spacial score (nSPS) is 15.8. The van der Waals surface area contributed by atoms with Crippen LogP contribution in [0.15, 0.2) is 52.2 Å². The molecule has 1 aromatic carbocycles. The van der Waals surface area contributed by atoms with Crippen molar-refractivity contribution < 1.29 is 13.9 Å². The second-order valence-electron chi connectivity index (χ2n) is 7.97. The fourth-order valence-electron chi connectivity index (χ4n) is 3.73. The monoisotopic (exact) mass is 440 g/mol. The van der Waals surface area contributed by atoms with E-state index in [4.69, 9.17) is 9.15 Å². The van der Waals surface area contributed by atoms with E-state index in [1.54, 1.807) is 13.4 Å².